The highest BCUT2D eigenvalue weighted by Crippen LogP contribution is 2.15. The van der Waals surface area contributed by atoms with E-state index in [9.17, 15) is 4.79 Å². The molecule has 1 aromatic heterocycles. The van der Waals surface area contributed by atoms with Crippen LogP contribution in [0.15, 0.2) is 36.5 Å². The number of hydrogen-bond donors (Lipinski definition) is 1. The summed E-state index contributed by atoms with van der Waals surface area (Å²) in [5.74, 6) is 0.0296. The van der Waals surface area contributed by atoms with Gasteiger partial charge in [-0.15, -0.1) is 0 Å². The van der Waals surface area contributed by atoms with Crippen LogP contribution >= 0.6 is 0 Å². The van der Waals surface area contributed by atoms with Gasteiger partial charge in [-0.25, -0.2) is 0 Å². The van der Waals surface area contributed by atoms with Crippen LogP contribution in [0.5, 0.6) is 0 Å². The molecule has 0 aliphatic carbocycles. The van der Waals surface area contributed by atoms with E-state index in [1.807, 2.05) is 25.1 Å². The molecule has 1 N–H and O–H groups in total. The fraction of sp³-hybridized carbons (Fsp3) is 0.294. The molecule has 0 fully saturated rings. The fourth-order valence-corrected chi connectivity index (χ4v) is 2.14. The first-order valence-corrected chi connectivity index (χ1v) is 6.79. The van der Waals surface area contributed by atoms with Crippen LogP contribution in [-0.2, 0) is 17.8 Å². The Balaban J connectivity index is 1.97. The highest BCUT2D eigenvalue weighted by atomic mass is 16.1. The van der Waals surface area contributed by atoms with E-state index in [0.29, 0.717) is 13.0 Å². The number of nitrogens with one attached hydrogen (secondary N) is 1. The van der Waals surface area contributed by atoms with Crippen molar-refractivity contribution in [3.05, 3.63) is 64.5 Å². The number of amides is 1. The summed E-state index contributed by atoms with van der Waals surface area (Å²) in [6.07, 6.45) is 2.15. The standard InChI is InChI=1S/C17H20N2O/c1-12-8-14(3)15(9-13(12)2)10-17(20)19-11-16-6-4-5-7-18-16/h4-9H,10-11H2,1-3H3,(H,19,20). The van der Waals surface area contributed by atoms with E-state index in [2.05, 4.69) is 36.3 Å². The lowest BCUT2D eigenvalue weighted by Gasteiger charge is -2.10. The third-order valence-electron chi connectivity index (χ3n) is 3.50. The summed E-state index contributed by atoms with van der Waals surface area (Å²) in [5.41, 5.74) is 5.62. The zero-order valence-corrected chi connectivity index (χ0v) is 12.2. The Morgan fingerprint density at radius 2 is 1.85 bits per heavy atom. The quantitative estimate of drug-likeness (QED) is 0.926. The van der Waals surface area contributed by atoms with E-state index in [1.165, 1.54) is 16.7 Å². The topological polar surface area (TPSA) is 42.0 Å². The Bertz CT molecular complexity index is 606. The lowest BCUT2D eigenvalue weighted by atomic mass is 9.98. The average Bonchev–Trinajstić information content (AvgIpc) is 2.44. The zero-order valence-electron chi connectivity index (χ0n) is 12.2. The number of carbonyl (C=O) groups is 1. The van der Waals surface area contributed by atoms with Gasteiger partial charge in [0.05, 0.1) is 18.7 Å². The van der Waals surface area contributed by atoms with Crippen molar-refractivity contribution >= 4 is 5.91 Å². The van der Waals surface area contributed by atoms with Crippen LogP contribution in [0.25, 0.3) is 0 Å². The molecule has 1 amide bonds. The lowest BCUT2D eigenvalue weighted by molar-refractivity contribution is -0.120. The van der Waals surface area contributed by atoms with E-state index in [4.69, 9.17) is 0 Å². The predicted octanol–water partition coefficient (Wildman–Crippen LogP) is 2.87. The molecule has 0 atom stereocenters. The number of aromatic nitrogens is 1. The molecule has 0 bridgehead atoms. The molecule has 0 saturated heterocycles. The smallest absolute Gasteiger partial charge is 0.224 e. The Kier molecular flexibility index (Phi) is 4.51. The minimum atomic E-state index is 0.0296. The summed E-state index contributed by atoms with van der Waals surface area (Å²) in [7, 11) is 0. The van der Waals surface area contributed by atoms with Gasteiger partial charge in [-0.1, -0.05) is 18.2 Å². The molecule has 20 heavy (non-hydrogen) atoms. The van der Waals surface area contributed by atoms with Crippen molar-refractivity contribution in [2.75, 3.05) is 0 Å². The molecule has 1 heterocycles. The summed E-state index contributed by atoms with van der Waals surface area (Å²) in [4.78, 5) is 16.2. The van der Waals surface area contributed by atoms with Gasteiger partial charge in [0, 0.05) is 6.20 Å². The summed E-state index contributed by atoms with van der Waals surface area (Å²) >= 11 is 0. The van der Waals surface area contributed by atoms with Gasteiger partial charge >= 0.3 is 0 Å². The van der Waals surface area contributed by atoms with Gasteiger partial charge in [0.25, 0.3) is 0 Å². The highest BCUT2D eigenvalue weighted by molar-refractivity contribution is 5.79. The minimum absolute atomic E-state index is 0.0296. The fourth-order valence-electron chi connectivity index (χ4n) is 2.14. The van der Waals surface area contributed by atoms with Crippen molar-refractivity contribution in [3.63, 3.8) is 0 Å². The van der Waals surface area contributed by atoms with E-state index in [0.717, 1.165) is 11.3 Å². The summed E-state index contributed by atoms with van der Waals surface area (Å²) in [6.45, 7) is 6.69. The number of pyridine rings is 1. The van der Waals surface area contributed by atoms with Crippen LogP contribution in [0.1, 0.15) is 27.9 Å². The SMILES string of the molecule is Cc1cc(C)c(CC(=O)NCc2ccccn2)cc1C. The van der Waals surface area contributed by atoms with Crippen LogP contribution in [0.3, 0.4) is 0 Å². The zero-order chi connectivity index (χ0) is 14.5. The van der Waals surface area contributed by atoms with Crippen LogP contribution < -0.4 is 5.32 Å². The Morgan fingerprint density at radius 3 is 2.55 bits per heavy atom. The van der Waals surface area contributed by atoms with Gasteiger partial charge in [0.1, 0.15) is 0 Å². The number of aryl methyl sites for hydroxylation is 3. The van der Waals surface area contributed by atoms with Crippen LogP contribution in [0.2, 0.25) is 0 Å². The van der Waals surface area contributed by atoms with E-state index < -0.39 is 0 Å². The number of hydrogen-bond acceptors (Lipinski definition) is 2. The molecule has 0 spiro atoms. The summed E-state index contributed by atoms with van der Waals surface area (Å²) in [6, 6.07) is 9.93. The molecule has 0 aliphatic heterocycles. The van der Waals surface area contributed by atoms with Gasteiger partial charge in [-0.2, -0.15) is 0 Å². The monoisotopic (exact) mass is 268 g/mol. The van der Waals surface area contributed by atoms with E-state index in [-0.39, 0.29) is 5.91 Å². The molecule has 2 rings (SSSR count). The Labute approximate surface area is 120 Å². The maximum atomic E-state index is 12.0. The third kappa shape index (κ3) is 3.67. The Morgan fingerprint density at radius 1 is 1.10 bits per heavy atom. The second kappa shape index (κ2) is 6.33. The van der Waals surface area contributed by atoms with Crippen molar-refractivity contribution < 1.29 is 4.79 Å². The summed E-state index contributed by atoms with van der Waals surface area (Å²) < 4.78 is 0. The molecule has 0 aliphatic rings. The van der Waals surface area contributed by atoms with E-state index >= 15 is 0 Å². The van der Waals surface area contributed by atoms with E-state index in [1.54, 1.807) is 6.20 Å². The average molecular weight is 268 g/mol. The van der Waals surface area contributed by atoms with Gasteiger partial charge in [-0.3, -0.25) is 9.78 Å². The van der Waals surface area contributed by atoms with Crippen molar-refractivity contribution in [3.8, 4) is 0 Å². The van der Waals surface area contributed by atoms with Crippen molar-refractivity contribution in [1.29, 1.82) is 0 Å². The number of rotatable bonds is 4. The molecular formula is C17H20N2O. The molecule has 2 aromatic rings. The molecule has 0 radical (unpaired) electrons. The van der Waals surface area contributed by atoms with Crippen molar-refractivity contribution in [2.45, 2.75) is 33.7 Å². The van der Waals surface area contributed by atoms with Crippen molar-refractivity contribution in [1.82, 2.24) is 10.3 Å². The first kappa shape index (κ1) is 14.3. The van der Waals surface area contributed by atoms with Crippen molar-refractivity contribution in [2.24, 2.45) is 0 Å². The second-order valence-corrected chi connectivity index (χ2v) is 5.14. The summed E-state index contributed by atoms with van der Waals surface area (Å²) in [5, 5.41) is 2.91. The number of benzene rings is 1. The first-order valence-electron chi connectivity index (χ1n) is 6.79. The molecule has 0 unspecified atom stereocenters. The van der Waals surface area contributed by atoms with Gasteiger partial charge in [0.15, 0.2) is 0 Å². The second-order valence-electron chi connectivity index (χ2n) is 5.14. The van der Waals surface area contributed by atoms with Gasteiger partial charge in [-0.05, 0) is 55.2 Å². The maximum absolute atomic E-state index is 12.0. The molecule has 0 saturated carbocycles. The normalized spacial score (nSPS) is 10.3. The predicted molar refractivity (Wildman–Crippen MR) is 80.4 cm³/mol. The molecule has 3 nitrogen and oxygen atoms in total. The largest absolute Gasteiger partial charge is 0.350 e. The Hall–Kier alpha value is -2.16. The van der Waals surface area contributed by atoms with Crippen LogP contribution in [0, 0.1) is 20.8 Å². The van der Waals surface area contributed by atoms with Gasteiger partial charge in [0.2, 0.25) is 5.91 Å². The maximum Gasteiger partial charge on any atom is 0.224 e. The molecular weight excluding hydrogens is 248 g/mol. The highest BCUT2D eigenvalue weighted by Gasteiger charge is 2.07. The number of nitrogens with zero attached hydrogens (tertiary/aromatic N) is 1. The molecule has 3 heteroatoms. The van der Waals surface area contributed by atoms with Gasteiger partial charge < -0.3 is 5.32 Å². The van der Waals surface area contributed by atoms with Crippen LogP contribution in [0.4, 0.5) is 0 Å². The number of carbonyl (C=O) groups excluding carboxylic acids is 1. The molecule has 1 aromatic carbocycles. The lowest BCUT2D eigenvalue weighted by Crippen LogP contribution is -2.25. The third-order valence-corrected chi connectivity index (χ3v) is 3.50. The van der Waals surface area contributed by atoms with Crippen LogP contribution in [-0.4, -0.2) is 10.9 Å². The minimum Gasteiger partial charge on any atom is -0.350 e. The first-order chi connectivity index (χ1) is 9.56. The molecule has 104 valence electrons.